The number of nitrogens with zero attached hydrogens (tertiary/aromatic N) is 2. The van der Waals surface area contributed by atoms with Gasteiger partial charge in [-0.05, 0) is 44.4 Å². The van der Waals surface area contributed by atoms with Gasteiger partial charge in [0.25, 0.3) is 5.91 Å². The quantitative estimate of drug-likeness (QED) is 0.547. The van der Waals surface area contributed by atoms with Gasteiger partial charge in [-0.2, -0.15) is 0 Å². The number of aryl methyl sites for hydroxylation is 2. The Labute approximate surface area is 171 Å². The SMILES string of the molecule is Cc1ccc(CNC(=O)CCCCCNC(=O)c2c(C)nc3ccccn23)cc1. The van der Waals surface area contributed by atoms with E-state index in [2.05, 4.69) is 15.6 Å². The zero-order valence-corrected chi connectivity index (χ0v) is 17.1. The van der Waals surface area contributed by atoms with Crippen molar-refractivity contribution in [2.75, 3.05) is 6.54 Å². The molecule has 3 aromatic rings. The number of benzene rings is 1. The van der Waals surface area contributed by atoms with E-state index in [0.29, 0.717) is 25.2 Å². The monoisotopic (exact) mass is 392 g/mol. The normalized spacial score (nSPS) is 10.8. The molecule has 2 aromatic heterocycles. The molecule has 2 amide bonds. The Morgan fingerprint density at radius 2 is 1.76 bits per heavy atom. The van der Waals surface area contributed by atoms with Gasteiger partial charge in [-0.15, -0.1) is 0 Å². The molecule has 6 heteroatoms. The van der Waals surface area contributed by atoms with Crippen LogP contribution in [-0.4, -0.2) is 27.7 Å². The summed E-state index contributed by atoms with van der Waals surface area (Å²) in [5, 5.41) is 5.91. The first-order valence-corrected chi connectivity index (χ1v) is 10.1. The molecule has 2 N–H and O–H groups in total. The third kappa shape index (κ3) is 5.67. The Morgan fingerprint density at radius 3 is 2.55 bits per heavy atom. The van der Waals surface area contributed by atoms with E-state index in [9.17, 15) is 9.59 Å². The predicted octanol–water partition coefficient (Wildman–Crippen LogP) is 3.56. The molecule has 29 heavy (non-hydrogen) atoms. The Balaban J connectivity index is 1.32. The first kappa shape index (κ1) is 20.6. The van der Waals surface area contributed by atoms with Crippen LogP contribution in [0.1, 0.15) is 53.0 Å². The third-order valence-electron chi connectivity index (χ3n) is 4.90. The van der Waals surface area contributed by atoms with Crippen LogP contribution in [-0.2, 0) is 11.3 Å². The van der Waals surface area contributed by atoms with Gasteiger partial charge in [-0.3, -0.25) is 14.0 Å². The van der Waals surface area contributed by atoms with Crippen molar-refractivity contribution >= 4 is 17.5 Å². The number of carbonyl (C=O) groups is 2. The van der Waals surface area contributed by atoms with E-state index in [4.69, 9.17) is 0 Å². The maximum atomic E-state index is 12.5. The minimum Gasteiger partial charge on any atom is -0.352 e. The summed E-state index contributed by atoms with van der Waals surface area (Å²) in [7, 11) is 0. The average Bonchev–Trinajstić information content (AvgIpc) is 3.05. The van der Waals surface area contributed by atoms with Gasteiger partial charge in [-0.1, -0.05) is 42.3 Å². The smallest absolute Gasteiger partial charge is 0.270 e. The molecule has 0 saturated heterocycles. The van der Waals surface area contributed by atoms with Crippen molar-refractivity contribution in [1.82, 2.24) is 20.0 Å². The minimum absolute atomic E-state index is 0.0657. The molecule has 1 aromatic carbocycles. The zero-order valence-electron chi connectivity index (χ0n) is 17.1. The molecular formula is C23H28N4O2. The van der Waals surface area contributed by atoms with Crippen molar-refractivity contribution < 1.29 is 9.59 Å². The van der Waals surface area contributed by atoms with E-state index in [1.165, 1.54) is 5.56 Å². The number of aromatic nitrogens is 2. The largest absolute Gasteiger partial charge is 0.352 e. The van der Waals surface area contributed by atoms with E-state index in [1.807, 2.05) is 66.9 Å². The van der Waals surface area contributed by atoms with Crippen LogP contribution < -0.4 is 10.6 Å². The molecule has 0 bridgehead atoms. The zero-order chi connectivity index (χ0) is 20.6. The molecule has 0 atom stereocenters. The number of unbranched alkanes of at least 4 members (excludes halogenated alkanes) is 2. The lowest BCUT2D eigenvalue weighted by Crippen LogP contribution is -2.26. The lowest BCUT2D eigenvalue weighted by atomic mass is 10.1. The van der Waals surface area contributed by atoms with Gasteiger partial charge in [0.2, 0.25) is 5.91 Å². The fraction of sp³-hybridized carbons (Fsp3) is 0.348. The highest BCUT2D eigenvalue weighted by molar-refractivity contribution is 5.94. The molecule has 0 radical (unpaired) electrons. The van der Waals surface area contributed by atoms with E-state index in [-0.39, 0.29) is 11.8 Å². The summed E-state index contributed by atoms with van der Waals surface area (Å²) >= 11 is 0. The molecule has 2 heterocycles. The van der Waals surface area contributed by atoms with Gasteiger partial charge in [0, 0.05) is 25.7 Å². The highest BCUT2D eigenvalue weighted by Gasteiger charge is 2.15. The molecule has 3 rings (SSSR count). The Morgan fingerprint density at radius 1 is 0.966 bits per heavy atom. The number of nitrogens with one attached hydrogen (secondary N) is 2. The predicted molar refractivity (Wildman–Crippen MR) is 114 cm³/mol. The topological polar surface area (TPSA) is 75.5 Å². The summed E-state index contributed by atoms with van der Waals surface area (Å²) < 4.78 is 1.81. The van der Waals surface area contributed by atoms with Crippen molar-refractivity contribution in [3.05, 3.63) is 71.2 Å². The molecule has 152 valence electrons. The maximum absolute atomic E-state index is 12.5. The number of amides is 2. The summed E-state index contributed by atoms with van der Waals surface area (Å²) in [6, 6.07) is 13.8. The van der Waals surface area contributed by atoms with Gasteiger partial charge in [0.05, 0.1) is 5.69 Å². The van der Waals surface area contributed by atoms with Crippen LogP contribution in [0.3, 0.4) is 0 Å². The van der Waals surface area contributed by atoms with Crippen molar-refractivity contribution in [3.8, 4) is 0 Å². The second-order valence-electron chi connectivity index (χ2n) is 7.30. The molecule has 0 aliphatic carbocycles. The molecule has 0 aliphatic heterocycles. The first-order valence-electron chi connectivity index (χ1n) is 10.1. The number of hydrogen-bond acceptors (Lipinski definition) is 3. The fourth-order valence-corrected chi connectivity index (χ4v) is 3.26. The van der Waals surface area contributed by atoms with Crippen molar-refractivity contribution in [1.29, 1.82) is 0 Å². The fourth-order valence-electron chi connectivity index (χ4n) is 3.26. The van der Waals surface area contributed by atoms with Gasteiger partial charge in [0.15, 0.2) is 0 Å². The average molecular weight is 393 g/mol. The van der Waals surface area contributed by atoms with Crippen LogP contribution >= 0.6 is 0 Å². The second kappa shape index (κ2) is 9.87. The summed E-state index contributed by atoms with van der Waals surface area (Å²) in [6.07, 6.45) is 4.90. The van der Waals surface area contributed by atoms with Crippen molar-refractivity contribution in [2.45, 2.75) is 46.1 Å². The second-order valence-corrected chi connectivity index (χ2v) is 7.30. The van der Waals surface area contributed by atoms with E-state index in [0.717, 1.165) is 36.2 Å². The lowest BCUT2D eigenvalue weighted by Gasteiger charge is -2.07. The highest BCUT2D eigenvalue weighted by atomic mass is 16.2. The lowest BCUT2D eigenvalue weighted by molar-refractivity contribution is -0.121. The Bertz CT molecular complexity index is 976. The summed E-state index contributed by atoms with van der Waals surface area (Å²) in [5.74, 6) is -0.0481. The van der Waals surface area contributed by atoms with Crippen LogP contribution in [0.25, 0.3) is 5.65 Å². The standard InChI is InChI=1S/C23H28N4O2/c1-17-10-12-19(13-11-17)16-25-21(28)9-4-3-6-14-24-23(29)22-18(2)26-20-8-5-7-15-27(20)22/h5,7-8,10-13,15H,3-4,6,9,14,16H2,1-2H3,(H,24,29)(H,25,28). The summed E-state index contributed by atoms with van der Waals surface area (Å²) in [5.41, 5.74) is 4.39. The Hall–Kier alpha value is -3.15. The molecule has 0 unspecified atom stereocenters. The van der Waals surface area contributed by atoms with E-state index >= 15 is 0 Å². The maximum Gasteiger partial charge on any atom is 0.270 e. The van der Waals surface area contributed by atoms with Gasteiger partial charge >= 0.3 is 0 Å². The van der Waals surface area contributed by atoms with Crippen molar-refractivity contribution in [2.24, 2.45) is 0 Å². The number of rotatable bonds is 9. The van der Waals surface area contributed by atoms with E-state index < -0.39 is 0 Å². The highest BCUT2D eigenvalue weighted by Crippen LogP contribution is 2.11. The van der Waals surface area contributed by atoms with Crippen LogP contribution in [0.5, 0.6) is 0 Å². The number of hydrogen-bond donors (Lipinski definition) is 2. The van der Waals surface area contributed by atoms with Crippen LogP contribution in [0.15, 0.2) is 48.7 Å². The number of fused-ring (bicyclic) bond motifs is 1. The van der Waals surface area contributed by atoms with Crippen molar-refractivity contribution in [3.63, 3.8) is 0 Å². The number of carbonyl (C=O) groups excluding carboxylic acids is 2. The molecule has 0 aliphatic rings. The molecule has 0 fully saturated rings. The number of pyridine rings is 1. The molecule has 0 saturated carbocycles. The molecule has 0 spiro atoms. The van der Waals surface area contributed by atoms with Crippen LogP contribution in [0.4, 0.5) is 0 Å². The third-order valence-corrected chi connectivity index (χ3v) is 4.90. The van der Waals surface area contributed by atoms with Gasteiger partial charge < -0.3 is 10.6 Å². The number of imidazole rings is 1. The first-order chi connectivity index (χ1) is 14.0. The summed E-state index contributed by atoms with van der Waals surface area (Å²) in [6.45, 7) is 5.04. The molecule has 6 nitrogen and oxygen atoms in total. The minimum atomic E-state index is -0.114. The van der Waals surface area contributed by atoms with Crippen LogP contribution in [0, 0.1) is 13.8 Å². The van der Waals surface area contributed by atoms with Gasteiger partial charge in [-0.25, -0.2) is 4.98 Å². The van der Waals surface area contributed by atoms with Crippen LogP contribution in [0.2, 0.25) is 0 Å². The molecular weight excluding hydrogens is 364 g/mol. The summed E-state index contributed by atoms with van der Waals surface area (Å²) in [4.78, 5) is 28.8. The Kier molecular flexibility index (Phi) is 7.00. The van der Waals surface area contributed by atoms with Gasteiger partial charge in [0.1, 0.15) is 11.3 Å². The van der Waals surface area contributed by atoms with E-state index in [1.54, 1.807) is 0 Å².